The van der Waals surface area contributed by atoms with Gasteiger partial charge in [0.1, 0.15) is 6.54 Å². The van der Waals surface area contributed by atoms with E-state index < -0.39 is 0 Å². The van der Waals surface area contributed by atoms with E-state index >= 15 is 0 Å². The maximum atomic E-state index is 12.0. The van der Waals surface area contributed by atoms with Crippen molar-refractivity contribution in [1.29, 1.82) is 0 Å². The fraction of sp³-hybridized carbons (Fsp3) is 0.833. The van der Waals surface area contributed by atoms with Crippen LogP contribution >= 0.6 is 0 Å². The lowest BCUT2D eigenvalue weighted by Gasteiger charge is -2.22. The van der Waals surface area contributed by atoms with Crippen molar-refractivity contribution < 1.29 is 14.3 Å². The van der Waals surface area contributed by atoms with E-state index in [4.69, 9.17) is 10.5 Å². The molecule has 5 nitrogen and oxygen atoms in total. The van der Waals surface area contributed by atoms with Gasteiger partial charge in [0.2, 0.25) is 5.91 Å². The van der Waals surface area contributed by atoms with Crippen molar-refractivity contribution in [3.8, 4) is 0 Å². The highest BCUT2D eigenvalue weighted by molar-refractivity contribution is 5.82. The molecule has 1 atom stereocenters. The average molecular weight is 242 g/mol. The lowest BCUT2D eigenvalue weighted by molar-refractivity contribution is -0.149. The van der Waals surface area contributed by atoms with E-state index in [-0.39, 0.29) is 30.4 Å². The third-order valence-corrected chi connectivity index (χ3v) is 2.84. The highest BCUT2D eigenvalue weighted by atomic mass is 16.5. The molecule has 1 aliphatic rings. The zero-order valence-electron chi connectivity index (χ0n) is 10.6. The van der Waals surface area contributed by atoms with Gasteiger partial charge in [-0.15, -0.1) is 0 Å². The molecule has 1 unspecified atom stereocenters. The summed E-state index contributed by atoms with van der Waals surface area (Å²) in [7, 11) is 0. The predicted octanol–water partition coefficient (Wildman–Crippen LogP) is 0.525. The highest BCUT2D eigenvalue weighted by Crippen LogP contribution is 2.27. The van der Waals surface area contributed by atoms with E-state index in [0.717, 1.165) is 12.8 Å². The van der Waals surface area contributed by atoms with E-state index in [1.807, 2.05) is 6.92 Å². The van der Waals surface area contributed by atoms with Crippen molar-refractivity contribution in [2.75, 3.05) is 19.7 Å². The van der Waals surface area contributed by atoms with Gasteiger partial charge in [0.05, 0.1) is 6.61 Å². The van der Waals surface area contributed by atoms with Gasteiger partial charge in [0.25, 0.3) is 0 Å². The van der Waals surface area contributed by atoms with Gasteiger partial charge >= 0.3 is 5.97 Å². The van der Waals surface area contributed by atoms with Crippen molar-refractivity contribution in [2.45, 2.75) is 39.2 Å². The molecule has 17 heavy (non-hydrogen) atoms. The summed E-state index contributed by atoms with van der Waals surface area (Å²) >= 11 is 0. The second-order valence-corrected chi connectivity index (χ2v) is 4.60. The summed E-state index contributed by atoms with van der Waals surface area (Å²) in [4.78, 5) is 25.0. The molecule has 0 saturated heterocycles. The Labute approximate surface area is 102 Å². The molecule has 0 heterocycles. The minimum Gasteiger partial charge on any atom is -0.465 e. The van der Waals surface area contributed by atoms with Gasteiger partial charge in [-0.3, -0.25) is 9.59 Å². The summed E-state index contributed by atoms with van der Waals surface area (Å²) in [5.41, 5.74) is 5.50. The summed E-state index contributed by atoms with van der Waals surface area (Å²) in [6.45, 7) is 4.62. The first kappa shape index (κ1) is 14.0. The van der Waals surface area contributed by atoms with Crippen LogP contribution in [0.5, 0.6) is 0 Å². The number of amides is 1. The lowest BCUT2D eigenvalue weighted by Crippen LogP contribution is -2.39. The van der Waals surface area contributed by atoms with E-state index in [9.17, 15) is 9.59 Å². The Kier molecular flexibility index (Phi) is 5.41. The van der Waals surface area contributed by atoms with Crippen LogP contribution < -0.4 is 5.73 Å². The Morgan fingerprint density at radius 2 is 2.12 bits per heavy atom. The van der Waals surface area contributed by atoms with Gasteiger partial charge in [0.15, 0.2) is 0 Å². The first-order valence-electron chi connectivity index (χ1n) is 6.23. The zero-order chi connectivity index (χ0) is 12.8. The number of esters is 1. The largest absolute Gasteiger partial charge is 0.465 e. The molecule has 1 rings (SSSR count). The minimum atomic E-state index is -0.326. The van der Waals surface area contributed by atoms with Crippen LogP contribution in [-0.2, 0) is 14.3 Å². The van der Waals surface area contributed by atoms with Gasteiger partial charge in [-0.25, -0.2) is 0 Å². The molecular formula is C12H22N2O3. The SMILES string of the molecule is CCOC(=O)CN(C(=O)CC(C)CN)C1CC1. The van der Waals surface area contributed by atoms with Crippen molar-refractivity contribution in [3.05, 3.63) is 0 Å². The maximum Gasteiger partial charge on any atom is 0.325 e. The first-order valence-corrected chi connectivity index (χ1v) is 6.23. The molecule has 1 saturated carbocycles. The molecule has 0 bridgehead atoms. The number of carbonyl (C=O) groups is 2. The molecule has 0 aliphatic heterocycles. The molecule has 0 radical (unpaired) electrons. The zero-order valence-corrected chi connectivity index (χ0v) is 10.6. The fourth-order valence-electron chi connectivity index (χ4n) is 1.65. The first-order chi connectivity index (χ1) is 8.08. The van der Waals surface area contributed by atoms with E-state index in [0.29, 0.717) is 19.6 Å². The standard InChI is InChI=1S/C12H22N2O3/c1-3-17-12(16)8-14(10-4-5-10)11(15)6-9(2)7-13/h9-10H,3-8,13H2,1-2H3. The normalized spacial score (nSPS) is 16.4. The van der Waals surface area contributed by atoms with Crippen molar-refractivity contribution in [1.82, 2.24) is 4.90 Å². The summed E-state index contributed by atoms with van der Waals surface area (Å²) in [5.74, 6) is -0.155. The van der Waals surface area contributed by atoms with E-state index in [2.05, 4.69) is 0 Å². The third-order valence-electron chi connectivity index (χ3n) is 2.84. The minimum absolute atomic E-state index is 0.0125. The molecule has 0 aromatic heterocycles. The predicted molar refractivity (Wildman–Crippen MR) is 64.2 cm³/mol. The smallest absolute Gasteiger partial charge is 0.325 e. The van der Waals surface area contributed by atoms with Crippen LogP contribution in [0.25, 0.3) is 0 Å². The summed E-state index contributed by atoms with van der Waals surface area (Å²) in [6, 6.07) is 0.233. The van der Waals surface area contributed by atoms with Gasteiger partial charge in [-0.2, -0.15) is 0 Å². The molecule has 0 aromatic rings. The van der Waals surface area contributed by atoms with Gasteiger partial charge in [-0.05, 0) is 32.2 Å². The summed E-state index contributed by atoms with van der Waals surface area (Å²) in [6.07, 6.45) is 2.39. The van der Waals surface area contributed by atoms with Crippen LogP contribution in [0.1, 0.15) is 33.1 Å². The fourth-order valence-corrected chi connectivity index (χ4v) is 1.65. The van der Waals surface area contributed by atoms with Gasteiger partial charge in [0, 0.05) is 12.5 Å². The molecule has 1 aliphatic carbocycles. The van der Waals surface area contributed by atoms with Crippen molar-refractivity contribution in [2.24, 2.45) is 11.7 Å². The quantitative estimate of drug-likeness (QED) is 0.661. The number of nitrogens with zero attached hydrogens (tertiary/aromatic N) is 1. The Hall–Kier alpha value is -1.10. The van der Waals surface area contributed by atoms with Gasteiger partial charge < -0.3 is 15.4 Å². The molecule has 2 N–H and O–H groups in total. The van der Waals surface area contributed by atoms with Crippen LogP contribution in [0, 0.1) is 5.92 Å². The van der Waals surface area contributed by atoms with E-state index in [1.165, 1.54) is 0 Å². The molecule has 98 valence electrons. The lowest BCUT2D eigenvalue weighted by atomic mass is 10.1. The molecule has 0 spiro atoms. The van der Waals surface area contributed by atoms with Crippen LogP contribution in [0.2, 0.25) is 0 Å². The van der Waals surface area contributed by atoms with E-state index in [1.54, 1.807) is 11.8 Å². The highest BCUT2D eigenvalue weighted by Gasteiger charge is 2.34. The van der Waals surface area contributed by atoms with Gasteiger partial charge in [-0.1, -0.05) is 6.92 Å². The maximum absolute atomic E-state index is 12.0. The average Bonchev–Trinajstić information content (AvgIpc) is 3.09. The van der Waals surface area contributed by atoms with Crippen LogP contribution in [0.3, 0.4) is 0 Å². The van der Waals surface area contributed by atoms with Crippen molar-refractivity contribution in [3.63, 3.8) is 0 Å². The van der Waals surface area contributed by atoms with Crippen LogP contribution in [-0.4, -0.2) is 42.5 Å². The molecule has 1 fully saturated rings. The summed E-state index contributed by atoms with van der Waals surface area (Å²) < 4.78 is 4.87. The number of rotatable bonds is 7. The Bertz CT molecular complexity index is 277. The van der Waals surface area contributed by atoms with Crippen LogP contribution in [0.4, 0.5) is 0 Å². The Balaban J connectivity index is 2.47. The summed E-state index contributed by atoms with van der Waals surface area (Å²) in [5, 5.41) is 0. The number of nitrogens with two attached hydrogens (primary N) is 1. The monoisotopic (exact) mass is 242 g/mol. The second kappa shape index (κ2) is 6.59. The topological polar surface area (TPSA) is 72.6 Å². The number of ether oxygens (including phenoxy) is 1. The molecule has 0 aromatic carbocycles. The third kappa shape index (κ3) is 4.73. The Morgan fingerprint density at radius 1 is 1.47 bits per heavy atom. The Morgan fingerprint density at radius 3 is 2.59 bits per heavy atom. The molecular weight excluding hydrogens is 220 g/mol. The number of carbonyl (C=O) groups excluding carboxylic acids is 2. The molecule has 5 heteroatoms. The molecule has 1 amide bonds. The number of hydrogen-bond acceptors (Lipinski definition) is 4. The second-order valence-electron chi connectivity index (χ2n) is 4.60. The number of hydrogen-bond donors (Lipinski definition) is 1. The van der Waals surface area contributed by atoms with Crippen molar-refractivity contribution >= 4 is 11.9 Å². The van der Waals surface area contributed by atoms with Crippen LogP contribution in [0.15, 0.2) is 0 Å².